The zero-order valence-corrected chi connectivity index (χ0v) is 16.9. The van der Waals surface area contributed by atoms with Gasteiger partial charge in [0, 0.05) is 34.8 Å². The zero-order valence-electron chi connectivity index (χ0n) is 16.9. The Hall–Kier alpha value is -4.07. The quantitative estimate of drug-likeness (QED) is 0.519. The van der Waals surface area contributed by atoms with Gasteiger partial charge in [0.25, 0.3) is 11.8 Å². The van der Waals surface area contributed by atoms with E-state index in [2.05, 4.69) is 23.7 Å². The number of nitrogens with zero attached hydrogens (tertiary/aromatic N) is 2. The Kier molecular flexibility index (Phi) is 4.28. The third-order valence-corrected chi connectivity index (χ3v) is 5.34. The number of para-hydroxylation sites is 1. The summed E-state index contributed by atoms with van der Waals surface area (Å²) in [6, 6.07) is 11.9. The lowest BCUT2D eigenvalue weighted by Gasteiger charge is -2.26. The van der Waals surface area contributed by atoms with Gasteiger partial charge >= 0.3 is 6.03 Å². The van der Waals surface area contributed by atoms with Crippen molar-refractivity contribution in [3.8, 4) is 11.5 Å². The van der Waals surface area contributed by atoms with Crippen molar-refractivity contribution in [1.82, 2.24) is 9.88 Å². The zero-order chi connectivity index (χ0) is 21.7. The summed E-state index contributed by atoms with van der Waals surface area (Å²) in [7, 11) is 0. The Labute approximate surface area is 177 Å². The molecule has 5 rings (SSSR count). The highest BCUT2D eigenvalue weighted by Gasteiger charge is 2.37. The number of rotatable bonds is 3. The molecule has 3 heterocycles. The minimum absolute atomic E-state index is 0.0719. The van der Waals surface area contributed by atoms with Gasteiger partial charge in [0.15, 0.2) is 11.5 Å². The summed E-state index contributed by atoms with van der Waals surface area (Å²) in [5.41, 5.74) is 1.89. The lowest BCUT2D eigenvalue weighted by molar-refractivity contribution is -0.122. The van der Waals surface area contributed by atoms with Gasteiger partial charge in [-0.05, 0) is 38.1 Å². The molecule has 0 bridgehead atoms. The fraction of sp³-hybridized carbons (Fsp3) is 0.174. The molecule has 4 amide bonds. The summed E-state index contributed by atoms with van der Waals surface area (Å²) >= 11 is 0. The third kappa shape index (κ3) is 3.04. The first-order chi connectivity index (χ1) is 14.9. The van der Waals surface area contributed by atoms with E-state index in [0.717, 1.165) is 21.4 Å². The van der Waals surface area contributed by atoms with Crippen LogP contribution in [0.25, 0.3) is 17.0 Å². The van der Waals surface area contributed by atoms with Gasteiger partial charge < -0.3 is 14.0 Å². The van der Waals surface area contributed by atoms with E-state index in [-0.39, 0.29) is 24.1 Å². The first-order valence-corrected chi connectivity index (χ1v) is 9.84. The second-order valence-electron chi connectivity index (χ2n) is 7.60. The summed E-state index contributed by atoms with van der Waals surface area (Å²) in [6.07, 6.45) is 3.44. The van der Waals surface area contributed by atoms with Crippen molar-refractivity contribution < 1.29 is 23.9 Å². The van der Waals surface area contributed by atoms with E-state index in [1.54, 1.807) is 12.1 Å². The fourth-order valence-electron chi connectivity index (χ4n) is 3.85. The van der Waals surface area contributed by atoms with Crippen molar-refractivity contribution in [1.29, 1.82) is 0 Å². The maximum atomic E-state index is 13.2. The number of fused-ring (bicyclic) bond motifs is 2. The van der Waals surface area contributed by atoms with Gasteiger partial charge in [0.1, 0.15) is 5.57 Å². The van der Waals surface area contributed by atoms with E-state index in [9.17, 15) is 14.4 Å². The van der Waals surface area contributed by atoms with Crippen LogP contribution in [-0.4, -0.2) is 29.2 Å². The molecule has 0 spiro atoms. The van der Waals surface area contributed by atoms with Crippen molar-refractivity contribution in [2.75, 3.05) is 11.7 Å². The van der Waals surface area contributed by atoms with Crippen molar-refractivity contribution in [2.45, 2.75) is 19.9 Å². The van der Waals surface area contributed by atoms with E-state index in [0.29, 0.717) is 11.5 Å². The molecule has 2 aliphatic heterocycles. The molecule has 0 atom stereocenters. The van der Waals surface area contributed by atoms with Gasteiger partial charge in [-0.1, -0.05) is 18.2 Å². The number of imide groups is 2. The number of aromatic nitrogens is 1. The highest BCUT2D eigenvalue weighted by atomic mass is 16.7. The molecule has 0 saturated carbocycles. The lowest BCUT2D eigenvalue weighted by atomic mass is 10.1. The van der Waals surface area contributed by atoms with Crippen LogP contribution >= 0.6 is 0 Å². The summed E-state index contributed by atoms with van der Waals surface area (Å²) in [5, 5.41) is 3.17. The van der Waals surface area contributed by atoms with Gasteiger partial charge in [-0.2, -0.15) is 0 Å². The van der Waals surface area contributed by atoms with Crippen LogP contribution in [0.1, 0.15) is 25.5 Å². The molecular weight excluding hydrogens is 398 g/mol. The lowest BCUT2D eigenvalue weighted by Crippen LogP contribution is -2.54. The monoisotopic (exact) mass is 417 g/mol. The Bertz CT molecular complexity index is 1290. The average Bonchev–Trinajstić information content (AvgIpc) is 3.35. The molecule has 3 aromatic rings. The smallest absolute Gasteiger partial charge is 0.335 e. The summed E-state index contributed by atoms with van der Waals surface area (Å²) in [6.45, 7) is 4.19. The summed E-state index contributed by atoms with van der Waals surface area (Å²) in [4.78, 5) is 39.2. The Morgan fingerprint density at radius 2 is 1.81 bits per heavy atom. The number of ether oxygens (including phenoxy) is 2. The van der Waals surface area contributed by atoms with Gasteiger partial charge in [-0.25, -0.2) is 9.69 Å². The van der Waals surface area contributed by atoms with E-state index in [1.807, 2.05) is 30.5 Å². The van der Waals surface area contributed by atoms with Crippen LogP contribution in [0.3, 0.4) is 0 Å². The summed E-state index contributed by atoms with van der Waals surface area (Å²) < 4.78 is 12.7. The standard InChI is InChI=1S/C23H19N3O5/c1-13(2)25-11-14(16-5-3-4-6-18(16)25)9-17-21(27)24-23(29)26(22(17)28)15-7-8-19-20(10-15)31-12-30-19/h3-11,13H,12H2,1-2H3,(H,24,27,29). The molecule has 31 heavy (non-hydrogen) atoms. The minimum Gasteiger partial charge on any atom is -0.454 e. The number of carbonyl (C=O) groups is 3. The van der Waals surface area contributed by atoms with Crippen LogP contribution in [0.15, 0.2) is 54.2 Å². The van der Waals surface area contributed by atoms with Crippen molar-refractivity contribution in [3.05, 3.63) is 59.8 Å². The normalized spacial score (nSPS) is 17.2. The van der Waals surface area contributed by atoms with E-state index in [4.69, 9.17) is 9.47 Å². The highest BCUT2D eigenvalue weighted by Crippen LogP contribution is 2.36. The SMILES string of the molecule is CC(C)n1cc(C=C2C(=O)NC(=O)N(c3ccc4c(c3)OCO4)C2=O)c2ccccc21. The first kappa shape index (κ1) is 18.9. The number of hydrogen-bond acceptors (Lipinski definition) is 5. The van der Waals surface area contributed by atoms with E-state index < -0.39 is 17.8 Å². The van der Waals surface area contributed by atoms with Crippen molar-refractivity contribution in [2.24, 2.45) is 0 Å². The van der Waals surface area contributed by atoms with Crippen molar-refractivity contribution >= 4 is 40.5 Å². The van der Waals surface area contributed by atoms with Gasteiger partial charge in [-0.3, -0.25) is 14.9 Å². The minimum atomic E-state index is -0.810. The Morgan fingerprint density at radius 1 is 1.03 bits per heavy atom. The molecule has 8 nitrogen and oxygen atoms in total. The molecule has 2 aliphatic rings. The van der Waals surface area contributed by atoms with Gasteiger partial charge in [0.05, 0.1) is 5.69 Å². The number of anilines is 1. The second-order valence-corrected chi connectivity index (χ2v) is 7.60. The van der Waals surface area contributed by atoms with Crippen LogP contribution in [0, 0.1) is 0 Å². The largest absolute Gasteiger partial charge is 0.454 e. The summed E-state index contributed by atoms with van der Waals surface area (Å²) in [5.74, 6) is -0.468. The molecular formula is C23H19N3O5. The predicted molar refractivity (Wildman–Crippen MR) is 114 cm³/mol. The van der Waals surface area contributed by atoms with Crippen LogP contribution < -0.4 is 19.7 Å². The molecule has 1 saturated heterocycles. The molecule has 1 aromatic heterocycles. The molecule has 156 valence electrons. The van der Waals surface area contributed by atoms with E-state index >= 15 is 0 Å². The van der Waals surface area contributed by atoms with E-state index in [1.165, 1.54) is 12.1 Å². The number of barbiturate groups is 1. The Morgan fingerprint density at radius 3 is 2.61 bits per heavy atom. The molecule has 0 radical (unpaired) electrons. The Balaban J connectivity index is 1.59. The highest BCUT2D eigenvalue weighted by molar-refractivity contribution is 6.39. The molecule has 2 aromatic carbocycles. The second kappa shape index (κ2) is 7.02. The number of hydrogen-bond donors (Lipinski definition) is 1. The predicted octanol–water partition coefficient (Wildman–Crippen LogP) is 3.62. The average molecular weight is 417 g/mol. The molecule has 0 unspecified atom stereocenters. The van der Waals surface area contributed by atoms with Crippen LogP contribution in [0.5, 0.6) is 11.5 Å². The number of benzene rings is 2. The van der Waals surface area contributed by atoms with Crippen molar-refractivity contribution in [3.63, 3.8) is 0 Å². The first-order valence-electron chi connectivity index (χ1n) is 9.84. The van der Waals surface area contributed by atoms with Gasteiger partial charge in [0.2, 0.25) is 6.79 Å². The topological polar surface area (TPSA) is 89.9 Å². The number of amides is 4. The fourth-order valence-corrected chi connectivity index (χ4v) is 3.85. The number of carbonyl (C=O) groups excluding carboxylic acids is 3. The van der Waals surface area contributed by atoms with Crippen LogP contribution in [0.4, 0.5) is 10.5 Å². The van der Waals surface area contributed by atoms with Crippen LogP contribution in [-0.2, 0) is 9.59 Å². The molecule has 8 heteroatoms. The molecule has 1 N–H and O–H groups in total. The number of urea groups is 1. The maximum absolute atomic E-state index is 13.2. The van der Waals surface area contributed by atoms with Crippen LogP contribution in [0.2, 0.25) is 0 Å². The van der Waals surface area contributed by atoms with Gasteiger partial charge in [-0.15, -0.1) is 0 Å². The maximum Gasteiger partial charge on any atom is 0.335 e. The number of nitrogens with one attached hydrogen (secondary N) is 1. The molecule has 0 aliphatic carbocycles. The third-order valence-electron chi connectivity index (χ3n) is 5.34. The molecule has 1 fully saturated rings.